The van der Waals surface area contributed by atoms with Gasteiger partial charge in [-0.25, -0.2) is 0 Å². The number of piperazine rings is 1. The van der Waals surface area contributed by atoms with Crippen molar-refractivity contribution >= 4 is 22.7 Å². The summed E-state index contributed by atoms with van der Waals surface area (Å²) in [6.45, 7) is 2.48. The molecule has 6 heteroatoms. The molecular formula is C24H26N4O2. The van der Waals surface area contributed by atoms with Gasteiger partial charge in [-0.05, 0) is 23.3 Å². The van der Waals surface area contributed by atoms with Gasteiger partial charge in [-0.15, -0.1) is 0 Å². The molecular weight excluding hydrogens is 376 g/mol. The molecule has 2 amide bonds. The van der Waals surface area contributed by atoms with E-state index in [-0.39, 0.29) is 18.2 Å². The van der Waals surface area contributed by atoms with Crippen LogP contribution in [0.1, 0.15) is 17.5 Å². The molecule has 1 fully saturated rings. The van der Waals surface area contributed by atoms with Gasteiger partial charge in [0.2, 0.25) is 11.8 Å². The van der Waals surface area contributed by atoms with E-state index >= 15 is 0 Å². The molecule has 6 nitrogen and oxygen atoms in total. The smallest absolute Gasteiger partial charge is 0.237 e. The highest BCUT2D eigenvalue weighted by atomic mass is 16.2. The van der Waals surface area contributed by atoms with E-state index in [1.165, 1.54) is 0 Å². The number of benzene rings is 2. The van der Waals surface area contributed by atoms with E-state index in [9.17, 15) is 9.59 Å². The van der Waals surface area contributed by atoms with E-state index in [4.69, 9.17) is 0 Å². The molecule has 0 radical (unpaired) electrons. The molecule has 1 atom stereocenters. The van der Waals surface area contributed by atoms with Gasteiger partial charge >= 0.3 is 0 Å². The second-order valence-electron chi connectivity index (χ2n) is 7.70. The van der Waals surface area contributed by atoms with Gasteiger partial charge < -0.3 is 10.2 Å². The Morgan fingerprint density at radius 2 is 1.90 bits per heavy atom. The number of fused-ring (bicyclic) bond motifs is 1. The lowest BCUT2D eigenvalue weighted by atomic mass is 10.1. The van der Waals surface area contributed by atoms with Crippen molar-refractivity contribution in [3.8, 4) is 0 Å². The third-order valence-electron chi connectivity index (χ3n) is 5.61. The van der Waals surface area contributed by atoms with E-state index in [1.807, 2.05) is 60.7 Å². The van der Waals surface area contributed by atoms with Crippen LogP contribution >= 0.6 is 0 Å². The van der Waals surface area contributed by atoms with Crippen LogP contribution in [0.3, 0.4) is 0 Å². The molecule has 1 aliphatic heterocycles. The van der Waals surface area contributed by atoms with E-state index in [0.717, 1.165) is 28.6 Å². The first kappa shape index (κ1) is 20.0. The monoisotopic (exact) mass is 402 g/mol. The van der Waals surface area contributed by atoms with E-state index in [2.05, 4.69) is 15.2 Å². The number of carbonyl (C=O) groups excluding carboxylic acids is 2. The van der Waals surface area contributed by atoms with Crippen molar-refractivity contribution in [2.24, 2.45) is 0 Å². The molecule has 0 spiro atoms. The first-order valence-electron chi connectivity index (χ1n) is 10.2. The molecule has 1 saturated heterocycles. The molecule has 2 aromatic carbocycles. The van der Waals surface area contributed by atoms with Crippen LogP contribution < -0.4 is 5.32 Å². The Balaban J connectivity index is 1.45. The molecule has 3 aromatic rings. The summed E-state index contributed by atoms with van der Waals surface area (Å²) in [5.41, 5.74) is 3.10. The van der Waals surface area contributed by atoms with Gasteiger partial charge in [0.05, 0.1) is 18.0 Å². The Morgan fingerprint density at radius 3 is 2.73 bits per heavy atom. The number of aromatic nitrogens is 1. The Morgan fingerprint density at radius 1 is 1.13 bits per heavy atom. The van der Waals surface area contributed by atoms with Gasteiger partial charge in [-0.1, -0.05) is 48.5 Å². The van der Waals surface area contributed by atoms with Crippen LogP contribution in [-0.4, -0.2) is 52.8 Å². The maximum atomic E-state index is 13.0. The number of nitrogens with one attached hydrogen (secondary N) is 1. The van der Waals surface area contributed by atoms with Gasteiger partial charge in [-0.2, -0.15) is 0 Å². The van der Waals surface area contributed by atoms with E-state index < -0.39 is 6.04 Å². The van der Waals surface area contributed by atoms with Gasteiger partial charge in [-0.3, -0.25) is 19.5 Å². The van der Waals surface area contributed by atoms with Crippen molar-refractivity contribution in [2.45, 2.75) is 25.6 Å². The number of pyridine rings is 1. The molecule has 2 heterocycles. The van der Waals surface area contributed by atoms with Crippen LogP contribution in [0.25, 0.3) is 10.9 Å². The fourth-order valence-corrected chi connectivity index (χ4v) is 3.95. The maximum Gasteiger partial charge on any atom is 0.237 e. The molecule has 0 aliphatic carbocycles. The number of para-hydroxylation sites is 1. The Bertz CT molecular complexity index is 1030. The normalized spacial score (nSPS) is 17.0. The van der Waals surface area contributed by atoms with E-state index in [0.29, 0.717) is 19.6 Å². The minimum Gasteiger partial charge on any atom is -0.353 e. The zero-order chi connectivity index (χ0) is 20.9. The van der Waals surface area contributed by atoms with Gasteiger partial charge in [0, 0.05) is 44.8 Å². The fourth-order valence-electron chi connectivity index (χ4n) is 3.95. The number of amides is 2. The summed E-state index contributed by atoms with van der Waals surface area (Å²) in [6, 6.07) is 19.5. The molecule has 1 aromatic heterocycles. The van der Waals surface area contributed by atoms with Gasteiger partial charge in [0.1, 0.15) is 0 Å². The van der Waals surface area contributed by atoms with Crippen LogP contribution in [-0.2, 0) is 22.7 Å². The van der Waals surface area contributed by atoms with Crippen molar-refractivity contribution in [3.63, 3.8) is 0 Å². The lowest BCUT2D eigenvalue weighted by Crippen LogP contribution is -2.56. The Labute approximate surface area is 176 Å². The number of nitrogens with zero attached hydrogens (tertiary/aromatic N) is 3. The second-order valence-corrected chi connectivity index (χ2v) is 7.70. The fraction of sp³-hybridized carbons (Fsp3) is 0.292. The predicted octanol–water partition coefficient (Wildman–Crippen LogP) is 2.58. The third-order valence-corrected chi connectivity index (χ3v) is 5.61. The average molecular weight is 402 g/mol. The average Bonchev–Trinajstić information content (AvgIpc) is 2.77. The van der Waals surface area contributed by atoms with Crippen molar-refractivity contribution in [3.05, 3.63) is 78.0 Å². The highest BCUT2D eigenvalue weighted by Crippen LogP contribution is 2.19. The van der Waals surface area contributed by atoms with Crippen molar-refractivity contribution in [2.75, 3.05) is 20.1 Å². The summed E-state index contributed by atoms with van der Waals surface area (Å²) in [4.78, 5) is 33.7. The molecule has 154 valence electrons. The highest BCUT2D eigenvalue weighted by Gasteiger charge is 2.32. The summed E-state index contributed by atoms with van der Waals surface area (Å²) in [7, 11) is 1.79. The summed E-state index contributed by atoms with van der Waals surface area (Å²) in [6.07, 6.45) is 1.93. The predicted molar refractivity (Wildman–Crippen MR) is 116 cm³/mol. The minimum atomic E-state index is -0.455. The quantitative estimate of drug-likeness (QED) is 0.688. The van der Waals surface area contributed by atoms with Crippen molar-refractivity contribution < 1.29 is 9.59 Å². The summed E-state index contributed by atoms with van der Waals surface area (Å²) in [5.74, 6) is -0.121. The van der Waals surface area contributed by atoms with Gasteiger partial charge in [0.25, 0.3) is 0 Å². The standard InChI is InChI=1S/C24H26N4O2/c1-27(17-19-11-12-25-21-10-6-5-9-20(19)21)23(29)15-22-24(30)26-13-14-28(22)16-18-7-3-2-4-8-18/h2-12,22H,13-17H2,1H3,(H,26,30). The number of hydrogen-bond donors (Lipinski definition) is 1. The number of hydrogen-bond acceptors (Lipinski definition) is 4. The molecule has 4 rings (SSSR count). The van der Waals surface area contributed by atoms with Crippen LogP contribution in [0.4, 0.5) is 0 Å². The molecule has 0 bridgehead atoms. The molecule has 1 N–H and O–H groups in total. The lowest BCUT2D eigenvalue weighted by Gasteiger charge is -2.35. The highest BCUT2D eigenvalue weighted by molar-refractivity contribution is 5.89. The Hall–Kier alpha value is -3.25. The van der Waals surface area contributed by atoms with Crippen LogP contribution in [0, 0.1) is 0 Å². The third kappa shape index (κ3) is 4.49. The molecule has 30 heavy (non-hydrogen) atoms. The zero-order valence-corrected chi connectivity index (χ0v) is 17.1. The molecule has 0 saturated carbocycles. The molecule has 1 unspecified atom stereocenters. The minimum absolute atomic E-state index is 0.0454. The first-order valence-corrected chi connectivity index (χ1v) is 10.2. The van der Waals surface area contributed by atoms with E-state index in [1.54, 1.807) is 18.1 Å². The Kier molecular flexibility index (Phi) is 6.05. The number of rotatable bonds is 6. The maximum absolute atomic E-state index is 13.0. The van der Waals surface area contributed by atoms with Crippen LogP contribution in [0.5, 0.6) is 0 Å². The second kappa shape index (κ2) is 9.05. The summed E-state index contributed by atoms with van der Waals surface area (Å²) in [5, 5.41) is 3.95. The zero-order valence-electron chi connectivity index (χ0n) is 17.1. The van der Waals surface area contributed by atoms with Crippen molar-refractivity contribution in [1.82, 2.24) is 20.1 Å². The molecule has 1 aliphatic rings. The topological polar surface area (TPSA) is 65.5 Å². The first-order chi connectivity index (χ1) is 14.6. The largest absolute Gasteiger partial charge is 0.353 e. The summed E-state index contributed by atoms with van der Waals surface area (Å²) >= 11 is 0. The van der Waals surface area contributed by atoms with Crippen LogP contribution in [0.15, 0.2) is 66.9 Å². The summed E-state index contributed by atoms with van der Waals surface area (Å²) < 4.78 is 0. The van der Waals surface area contributed by atoms with Gasteiger partial charge in [0.15, 0.2) is 0 Å². The lowest BCUT2D eigenvalue weighted by molar-refractivity contribution is -0.138. The number of carbonyl (C=O) groups is 2. The van der Waals surface area contributed by atoms with Crippen LogP contribution in [0.2, 0.25) is 0 Å². The SMILES string of the molecule is CN(Cc1ccnc2ccccc12)C(=O)CC1C(=O)NCCN1Cc1ccccc1. The van der Waals surface area contributed by atoms with Crippen molar-refractivity contribution in [1.29, 1.82) is 0 Å².